The number of ether oxygens (including phenoxy) is 6. The molecule has 0 bridgehead atoms. The van der Waals surface area contributed by atoms with E-state index in [0.29, 0.717) is 25.8 Å². The summed E-state index contributed by atoms with van der Waals surface area (Å²) in [5, 5.41) is 27.7. The number of likely N-dealkylation sites (N-methyl/N-ethyl adjacent to an activating group) is 1. The second-order valence-electron chi connectivity index (χ2n) is 17.2. The Hall–Kier alpha value is -2.01. The van der Waals surface area contributed by atoms with Crippen LogP contribution in [0.2, 0.25) is 0 Å². The Labute approximate surface area is 316 Å². The molecule has 0 radical (unpaired) electrons. The fourth-order valence-corrected chi connectivity index (χ4v) is 9.31. The van der Waals surface area contributed by atoms with Gasteiger partial charge in [-0.05, 0) is 80.3 Å². The van der Waals surface area contributed by atoms with Crippen LogP contribution < -0.4 is 5.32 Å². The summed E-state index contributed by atoms with van der Waals surface area (Å²) in [4.78, 5) is 43.3. The van der Waals surface area contributed by atoms with Crippen molar-refractivity contribution >= 4 is 18.2 Å². The van der Waals surface area contributed by atoms with Crippen LogP contribution in [0.15, 0.2) is 12.2 Å². The minimum atomic E-state index is -1.56. The van der Waals surface area contributed by atoms with Crippen LogP contribution in [0.25, 0.3) is 0 Å². The number of aldehydes is 1. The molecule has 4 rings (SSSR count). The van der Waals surface area contributed by atoms with E-state index in [1.807, 2.05) is 58.8 Å². The van der Waals surface area contributed by atoms with Crippen molar-refractivity contribution in [3.8, 4) is 0 Å². The summed E-state index contributed by atoms with van der Waals surface area (Å²) in [6.07, 6.45) is 0.00140. The van der Waals surface area contributed by atoms with Gasteiger partial charge >= 0.3 is 5.97 Å². The molecule has 16 atom stereocenters. The SMILES string of the molecule is CO[C@]1(C)C[C@H](O[C@H]2[C@H](C)[C@@H](O[C@@H]3O[C@H](C)C[C@H](N(C)C)[C@H]3O)[C@](C)(O)C[C@@H](C)CN(C)C(=O)[C@@H]3CC=CC[C@@H]3N[C@@]2(C)C=O)O[C@@H](C)[C@@H]1OC(C)=O. The average molecular weight is 754 g/mol. The second kappa shape index (κ2) is 17.4. The Morgan fingerprint density at radius 1 is 1.04 bits per heavy atom. The molecule has 3 saturated heterocycles. The van der Waals surface area contributed by atoms with Crippen molar-refractivity contribution in [1.29, 1.82) is 0 Å². The summed E-state index contributed by atoms with van der Waals surface area (Å²) in [5.74, 6) is -1.86. The first kappa shape index (κ1) is 43.7. The number of nitrogens with one attached hydrogen (secondary N) is 1. The number of carbonyl (C=O) groups is 3. The predicted octanol–water partition coefficient (Wildman–Crippen LogP) is 2.42. The van der Waals surface area contributed by atoms with Gasteiger partial charge in [-0.3, -0.25) is 14.9 Å². The molecule has 4 aliphatic rings. The molecule has 14 heteroatoms. The number of hydrogen-bond donors (Lipinski definition) is 3. The first-order valence-corrected chi connectivity index (χ1v) is 19.2. The molecule has 1 aliphatic carbocycles. The number of aliphatic hydroxyl groups excluding tert-OH is 1. The van der Waals surface area contributed by atoms with Crippen molar-refractivity contribution in [2.75, 3.05) is 34.8 Å². The topological polar surface area (TPSA) is 166 Å². The van der Waals surface area contributed by atoms with E-state index in [1.54, 1.807) is 32.7 Å². The maximum atomic E-state index is 14.0. The number of amides is 1. The quantitative estimate of drug-likeness (QED) is 0.188. The van der Waals surface area contributed by atoms with E-state index >= 15 is 0 Å². The molecule has 3 fully saturated rings. The third-order valence-corrected chi connectivity index (χ3v) is 12.0. The first-order chi connectivity index (χ1) is 24.7. The van der Waals surface area contributed by atoms with E-state index in [0.717, 1.165) is 6.29 Å². The number of carbonyl (C=O) groups excluding carboxylic acids is 3. The minimum Gasteiger partial charge on any atom is -0.457 e. The van der Waals surface area contributed by atoms with Gasteiger partial charge in [-0.2, -0.15) is 0 Å². The second-order valence-corrected chi connectivity index (χ2v) is 17.2. The number of hydrogen-bond acceptors (Lipinski definition) is 13. The zero-order chi connectivity index (χ0) is 39.6. The highest BCUT2D eigenvalue weighted by Crippen LogP contribution is 2.41. The van der Waals surface area contributed by atoms with Crippen molar-refractivity contribution in [3.63, 3.8) is 0 Å². The Morgan fingerprint density at radius 2 is 1.70 bits per heavy atom. The van der Waals surface area contributed by atoms with Crippen LogP contribution in [-0.2, 0) is 42.8 Å². The first-order valence-electron chi connectivity index (χ1n) is 19.2. The third kappa shape index (κ3) is 9.87. The van der Waals surface area contributed by atoms with Crippen molar-refractivity contribution in [2.45, 2.75) is 166 Å². The zero-order valence-electron chi connectivity index (χ0n) is 33.9. The molecule has 304 valence electrons. The van der Waals surface area contributed by atoms with Crippen LogP contribution in [0.5, 0.6) is 0 Å². The Morgan fingerprint density at radius 3 is 2.30 bits per heavy atom. The van der Waals surface area contributed by atoms with Gasteiger partial charge < -0.3 is 53.2 Å². The number of fused-ring (bicyclic) bond motifs is 1. The maximum absolute atomic E-state index is 14.0. The van der Waals surface area contributed by atoms with E-state index in [1.165, 1.54) is 14.0 Å². The van der Waals surface area contributed by atoms with Crippen molar-refractivity contribution in [3.05, 3.63) is 12.2 Å². The van der Waals surface area contributed by atoms with Crippen molar-refractivity contribution in [1.82, 2.24) is 15.1 Å². The molecule has 1 amide bonds. The lowest BCUT2D eigenvalue weighted by Crippen LogP contribution is -2.67. The number of allylic oxidation sites excluding steroid dienone is 1. The lowest BCUT2D eigenvalue weighted by atomic mass is 9.75. The van der Waals surface area contributed by atoms with Gasteiger partial charge in [0.2, 0.25) is 5.91 Å². The highest BCUT2D eigenvalue weighted by Gasteiger charge is 2.55. The van der Waals surface area contributed by atoms with Crippen LogP contribution in [0.3, 0.4) is 0 Å². The maximum Gasteiger partial charge on any atom is 0.303 e. The molecule has 3 heterocycles. The van der Waals surface area contributed by atoms with E-state index < -0.39 is 83.7 Å². The third-order valence-electron chi connectivity index (χ3n) is 12.0. The van der Waals surface area contributed by atoms with E-state index in [9.17, 15) is 24.6 Å². The Bertz CT molecular complexity index is 1300. The summed E-state index contributed by atoms with van der Waals surface area (Å²) in [5.41, 5.74) is -4.01. The van der Waals surface area contributed by atoms with E-state index in [2.05, 4.69) is 5.32 Å². The van der Waals surface area contributed by atoms with Gasteiger partial charge in [0.1, 0.15) is 18.0 Å². The minimum absolute atomic E-state index is 0.0524. The van der Waals surface area contributed by atoms with E-state index in [-0.39, 0.29) is 36.8 Å². The van der Waals surface area contributed by atoms with Gasteiger partial charge in [-0.1, -0.05) is 26.0 Å². The van der Waals surface area contributed by atoms with Gasteiger partial charge in [0.15, 0.2) is 18.7 Å². The average Bonchev–Trinajstić information content (AvgIpc) is 3.07. The molecule has 0 aromatic heterocycles. The number of methoxy groups -OCH3 is 1. The summed E-state index contributed by atoms with van der Waals surface area (Å²) < 4.78 is 37.9. The fraction of sp³-hybridized carbons (Fsp3) is 0.872. The lowest BCUT2D eigenvalue weighted by molar-refractivity contribution is -0.319. The molecular formula is C39H67N3O11. The summed E-state index contributed by atoms with van der Waals surface area (Å²) in [6, 6.07) is -0.676. The summed E-state index contributed by atoms with van der Waals surface area (Å²) >= 11 is 0. The van der Waals surface area contributed by atoms with E-state index in [4.69, 9.17) is 28.4 Å². The fourth-order valence-electron chi connectivity index (χ4n) is 9.31. The van der Waals surface area contributed by atoms with Crippen LogP contribution in [0, 0.1) is 17.8 Å². The molecule has 14 nitrogen and oxygen atoms in total. The standard InChI is InChI=1S/C39H67N3O11/c1-22-18-38(7,47)33(53-36-31(45)29(41(9)10)17-23(2)49-36)24(3)32(52-30-19-39(8,48-12)34(25(4)50-30)51-26(5)44)37(6,21-43)40-28-16-14-13-15-27(28)35(46)42(11)20-22/h13-14,21-25,27-34,36,40,45,47H,15-20H2,1-12H3/t22-,23-,24+,25+,27-,28+,29+,30+,31-,32+,33-,34+,36+,37+,38-,39-/m1/s1. The molecule has 3 aliphatic heterocycles. The van der Waals surface area contributed by atoms with Gasteiger partial charge in [0.05, 0.1) is 41.5 Å². The van der Waals surface area contributed by atoms with Crippen molar-refractivity contribution < 1.29 is 53.0 Å². The molecular weight excluding hydrogens is 686 g/mol. The lowest BCUT2D eigenvalue weighted by Gasteiger charge is -2.51. The van der Waals surface area contributed by atoms with Crippen LogP contribution in [0.1, 0.15) is 87.5 Å². The summed E-state index contributed by atoms with van der Waals surface area (Å²) in [7, 11) is 7.10. The predicted molar refractivity (Wildman–Crippen MR) is 197 cm³/mol. The van der Waals surface area contributed by atoms with Crippen molar-refractivity contribution in [2.24, 2.45) is 17.8 Å². The monoisotopic (exact) mass is 753 g/mol. The smallest absolute Gasteiger partial charge is 0.303 e. The Balaban J connectivity index is 1.84. The largest absolute Gasteiger partial charge is 0.457 e. The molecule has 3 N–H and O–H groups in total. The van der Waals surface area contributed by atoms with Crippen LogP contribution in [-0.4, -0.2) is 151 Å². The molecule has 0 spiro atoms. The van der Waals surface area contributed by atoms with Crippen LogP contribution >= 0.6 is 0 Å². The van der Waals surface area contributed by atoms with Gasteiger partial charge in [0, 0.05) is 52.0 Å². The van der Waals surface area contributed by atoms with Gasteiger partial charge in [0.25, 0.3) is 0 Å². The molecule has 0 aromatic carbocycles. The Kier molecular flexibility index (Phi) is 14.4. The molecule has 0 unspecified atom stereocenters. The number of nitrogens with zero attached hydrogens (tertiary/aromatic N) is 2. The van der Waals surface area contributed by atoms with Gasteiger partial charge in [-0.15, -0.1) is 0 Å². The number of aliphatic hydroxyl groups is 2. The highest BCUT2D eigenvalue weighted by molar-refractivity contribution is 5.80. The normalized spacial score (nSPS) is 46.1. The summed E-state index contributed by atoms with van der Waals surface area (Å²) in [6.45, 7) is 14.5. The van der Waals surface area contributed by atoms with Crippen LogP contribution in [0.4, 0.5) is 0 Å². The van der Waals surface area contributed by atoms with Gasteiger partial charge in [-0.25, -0.2) is 0 Å². The number of esters is 1. The molecule has 0 aromatic rings. The molecule has 53 heavy (non-hydrogen) atoms. The number of rotatable bonds is 8. The zero-order valence-corrected chi connectivity index (χ0v) is 33.9. The highest BCUT2D eigenvalue weighted by atomic mass is 16.7. The molecule has 0 saturated carbocycles.